The highest BCUT2D eigenvalue weighted by molar-refractivity contribution is 9.10. The maximum atomic E-state index is 13.6. The number of fused-ring (bicyclic) bond motifs is 1. The predicted octanol–water partition coefficient (Wildman–Crippen LogP) is 4.32. The van der Waals surface area contributed by atoms with Crippen LogP contribution in [0.2, 0.25) is 5.02 Å². The summed E-state index contributed by atoms with van der Waals surface area (Å²) in [5, 5.41) is 10.9. The number of halogens is 2. The van der Waals surface area contributed by atoms with Crippen LogP contribution in [0.15, 0.2) is 61.9 Å². The molecular formula is C25H22BrClN2O5S. The Morgan fingerprint density at radius 1 is 1.26 bits per heavy atom. The van der Waals surface area contributed by atoms with Gasteiger partial charge in [0, 0.05) is 10.6 Å². The molecule has 0 aliphatic carbocycles. The number of carbonyl (C=O) groups excluding carboxylic acids is 1. The van der Waals surface area contributed by atoms with Crippen molar-refractivity contribution in [1.82, 2.24) is 4.57 Å². The van der Waals surface area contributed by atoms with Crippen molar-refractivity contribution >= 4 is 50.9 Å². The summed E-state index contributed by atoms with van der Waals surface area (Å²) in [6.07, 6.45) is 1.56. The molecule has 35 heavy (non-hydrogen) atoms. The lowest BCUT2D eigenvalue weighted by Gasteiger charge is -2.24. The quantitative estimate of drug-likeness (QED) is 0.441. The molecule has 10 heteroatoms. The zero-order valence-corrected chi connectivity index (χ0v) is 22.3. The average Bonchev–Trinajstić information content (AvgIpc) is 3.11. The van der Waals surface area contributed by atoms with Gasteiger partial charge in [-0.05, 0) is 72.6 Å². The van der Waals surface area contributed by atoms with Crippen LogP contribution in [0.5, 0.6) is 11.5 Å². The summed E-state index contributed by atoms with van der Waals surface area (Å²) in [5.74, 6) is 0.120. The highest BCUT2D eigenvalue weighted by Crippen LogP contribution is 2.33. The van der Waals surface area contributed by atoms with E-state index in [1.807, 2.05) is 19.1 Å². The number of ether oxygens (including phenoxy) is 2. The molecule has 0 saturated carbocycles. The Bertz CT molecular complexity index is 1510. The predicted molar refractivity (Wildman–Crippen MR) is 139 cm³/mol. The smallest absolute Gasteiger partial charge is 0.338 e. The fourth-order valence-corrected chi connectivity index (χ4v) is 5.73. The lowest BCUT2D eigenvalue weighted by Crippen LogP contribution is -2.39. The minimum absolute atomic E-state index is 0.0355. The highest BCUT2D eigenvalue weighted by Gasteiger charge is 2.33. The molecule has 1 N–H and O–H groups in total. The van der Waals surface area contributed by atoms with Gasteiger partial charge in [-0.25, -0.2) is 9.79 Å². The number of esters is 1. The number of aromatic nitrogens is 1. The van der Waals surface area contributed by atoms with Gasteiger partial charge in [0.05, 0.1) is 39.5 Å². The van der Waals surface area contributed by atoms with Gasteiger partial charge in [-0.1, -0.05) is 35.1 Å². The highest BCUT2D eigenvalue weighted by atomic mass is 79.9. The molecule has 7 nitrogen and oxygen atoms in total. The third kappa shape index (κ3) is 4.94. The standard InChI is InChI=1S/C25H22BrClN2O5S/c1-4-33-17-8-6-14(7-9-17)21-20(24(32)34-5-2)13(3)28-25-29(21)23(31)19(35-25)11-15-10-16(27)12-18(26)22(15)30/h6-12,21,30H,4-5H2,1-3H3/b19-11+/t21-/m1/s1. The van der Waals surface area contributed by atoms with Crippen LogP contribution in [-0.4, -0.2) is 28.9 Å². The Hall–Kier alpha value is -2.88. The van der Waals surface area contributed by atoms with E-state index < -0.39 is 12.0 Å². The molecule has 2 aromatic carbocycles. The van der Waals surface area contributed by atoms with Crippen molar-refractivity contribution in [2.24, 2.45) is 4.99 Å². The first kappa shape index (κ1) is 25.2. The Balaban J connectivity index is 1.94. The first-order valence-electron chi connectivity index (χ1n) is 10.9. The van der Waals surface area contributed by atoms with Gasteiger partial charge >= 0.3 is 5.97 Å². The molecule has 1 aromatic heterocycles. The van der Waals surface area contributed by atoms with Crippen molar-refractivity contribution < 1.29 is 19.4 Å². The minimum atomic E-state index is -0.733. The van der Waals surface area contributed by atoms with E-state index in [2.05, 4.69) is 20.9 Å². The molecule has 0 unspecified atom stereocenters. The maximum Gasteiger partial charge on any atom is 0.338 e. The molecular weight excluding hydrogens is 556 g/mol. The fraction of sp³-hybridized carbons (Fsp3) is 0.240. The van der Waals surface area contributed by atoms with E-state index >= 15 is 0 Å². The van der Waals surface area contributed by atoms with Crippen LogP contribution < -0.4 is 19.6 Å². The summed E-state index contributed by atoms with van der Waals surface area (Å²) in [4.78, 5) is 31.6. The van der Waals surface area contributed by atoms with Crippen LogP contribution >= 0.6 is 38.9 Å². The number of nitrogens with zero attached hydrogens (tertiary/aromatic N) is 2. The van der Waals surface area contributed by atoms with E-state index in [4.69, 9.17) is 21.1 Å². The average molecular weight is 578 g/mol. The number of phenolic OH excluding ortho intramolecular Hbond substituents is 1. The lowest BCUT2D eigenvalue weighted by atomic mass is 9.96. The molecule has 1 aliphatic rings. The van der Waals surface area contributed by atoms with Crippen molar-refractivity contribution in [2.75, 3.05) is 13.2 Å². The van der Waals surface area contributed by atoms with Gasteiger partial charge in [-0.15, -0.1) is 0 Å². The second kappa shape index (κ2) is 10.4. The van der Waals surface area contributed by atoms with Crippen LogP contribution in [0, 0.1) is 0 Å². The SMILES string of the molecule is CCOC(=O)C1=C(C)N=c2s/c(=C/c3cc(Cl)cc(Br)c3O)c(=O)n2[C@@H]1c1ccc(OCC)cc1. The fourth-order valence-electron chi connectivity index (χ4n) is 3.86. The number of allylic oxidation sites excluding steroid dienone is 1. The normalized spacial score (nSPS) is 15.6. The summed E-state index contributed by atoms with van der Waals surface area (Å²) in [7, 11) is 0. The van der Waals surface area contributed by atoms with Gasteiger partial charge in [-0.3, -0.25) is 9.36 Å². The van der Waals surface area contributed by atoms with E-state index in [1.54, 1.807) is 44.2 Å². The Kier molecular flexibility index (Phi) is 7.49. The van der Waals surface area contributed by atoms with Crippen LogP contribution in [-0.2, 0) is 9.53 Å². The van der Waals surface area contributed by atoms with E-state index in [1.165, 1.54) is 15.9 Å². The van der Waals surface area contributed by atoms with Gasteiger partial charge in [0.2, 0.25) is 0 Å². The molecule has 1 aliphatic heterocycles. The van der Waals surface area contributed by atoms with Crippen LogP contribution in [0.4, 0.5) is 0 Å². The van der Waals surface area contributed by atoms with Gasteiger partial charge in [0.1, 0.15) is 11.5 Å². The van der Waals surface area contributed by atoms with E-state index in [9.17, 15) is 14.7 Å². The molecule has 1 atom stereocenters. The van der Waals surface area contributed by atoms with Crippen molar-refractivity contribution in [3.63, 3.8) is 0 Å². The van der Waals surface area contributed by atoms with E-state index in [0.29, 0.717) is 53.6 Å². The van der Waals surface area contributed by atoms with Crippen LogP contribution in [0.25, 0.3) is 6.08 Å². The van der Waals surface area contributed by atoms with Crippen LogP contribution in [0.1, 0.15) is 37.9 Å². The number of benzene rings is 2. The van der Waals surface area contributed by atoms with E-state index in [0.717, 1.165) is 0 Å². The summed E-state index contributed by atoms with van der Waals surface area (Å²) in [6, 6.07) is 9.65. The summed E-state index contributed by atoms with van der Waals surface area (Å²) >= 11 is 10.6. The zero-order chi connectivity index (χ0) is 25.3. The van der Waals surface area contributed by atoms with E-state index in [-0.39, 0.29) is 17.9 Å². The molecule has 0 saturated heterocycles. The topological polar surface area (TPSA) is 90.1 Å². The Morgan fingerprint density at radius 3 is 2.63 bits per heavy atom. The summed E-state index contributed by atoms with van der Waals surface area (Å²) < 4.78 is 13.1. The minimum Gasteiger partial charge on any atom is -0.506 e. The number of carbonyl (C=O) groups is 1. The summed E-state index contributed by atoms with van der Waals surface area (Å²) in [6.45, 7) is 6.07. The summed E-state index contributed by atoms with van der Waals surface area (Å²) in [5.41, 5.74) is 1.52. The maximum absolute atomic E-state index is 13.6. The number of hydrogen-bond donors (Lipinski definition) is 1. The molecule has 0 bridgehead atoms. The van der Waals surface area contributed by atoms with Crippen LogP contribution in [0.3, 0.4) is 0 Å². The van der Waals surface area contributed by atoms with Crippen molar-refractivity contribution in [3.8, 4) is 11.5 Å². The molecule has 2 heterocycles. The first-order chi connectivity index (χ1) is 16.7. The van der Waals surface area contributed by atoms with Crippen molar-refractivity contribution in [3.05, 3.63) is 88.0 Å². The Morgan fingerprint density at radius 2 is 1.97 bits per heavy atom. The number of aromatic hydroxyl groups is 1. The van der Waals surface area contributed by atoms with Gasteiger partial charge in [0.25, 0.3) is 5.56 Å². The zero-order valence-electron chi connectivity index (χ0n) is 19.2. The lowest BCUT2D eigenvalue weighted by molar-refractivity contribution is -0.139. The molecule has 3 aromatic rings. The number of thiazole rings is 1. The van der Waals surface area contributed by atoms with Gasteiger partial charge < -0.3 is 14.6 Å². The van der Waals surface area contributed by atoms with Crippen molar-refractivity contribution in [1.29, 1.82) is 0 Å². The largest absolute Gasteiger partial charge is 0.506 e. The number of rotatable bonds is 6. The number of phenols is 1. The van der Waals surface area contributed by atoms with Crippen molar-refractivity contribution in [2.45, 2.75) is 26.8 Å². The van der Waals surface area contributed by atoms with Gasteiger partial charge in [-0.2, -0.15) is 0 Å². The van der Waals surface area contributed by atoms with Gasteiger partial charge in [0.15, 0.2) is 4.80 Å². The third-order valence-corrected chi connectivity index (χ3v) is 7.17. The molecule has 4 rings (SSSR count). The number of hydrogen-bond acceptors (Lipinski definition) is 7. The third-order valence-electron chi connectivity index (χ3n) is 5.37. The molecule has 182 valence electrons. The molecule has 0 radical (unpaired) electrons. The molecule has 0 amide bonds. The molecule has 0 fully saturated rings. The Labute approximate surface area is 218 Å². The first-order valence-corrected chi connectivity index (χ1v) is 12.8. The monoisotopic (exact) mass is 576 g/mol. The second-order valence-electron chi connectivity index (χ2n) is 7.63. The molecule has 0 spiro atoms. The second-order valence-corrected chi connectivity index (χ2v) is 9.93.